The minimum atomic E-state index is -4.73. The standard InChI is InChI=1S/C23H23ClF3N3O4/c1-14(20(31)29-19-8-7-16(24)13-18(19)23(25,26)27)34-21(32)15-9-11-30(12-10-15)22(33)28-17-5-3-2-4-6-17/h2-8,13-15H,9-12H2,1H3,(H,28,33)(H,29,31). The molecule has 1 saturated heterocycles. The second kappa shape index (κ2) is 10.8. The molecule has 2 N–H and O–H groups in total. The Kier molecular flexibility index (Phi) is 8.03. The molecule has 7 nitrogen and oxygen atoms in total. The normalized spacial score (nSPS) is 15.4. The minimum Gasteiger partial charge on any atom is -0.452 e. The number of nitrogens with one attached hydrogen (secondary N) is 2. The Morgan fingerprint density at radius 3 is 2.32 bits per heavy atom. The number of benzene rings is 2. The van der Waals surface area contributed by atoms with E-state index in [0.29, 0.717) is 37.7 Å². The fraction of sp³-hybridized carbons (Fsp3) is 0.348. The van der Waals surface area contributed by atoms with Gasteiger partial charge in [0.2, 0.25) is 0 Å². The fourth-order valence-corrected chi connectivity index (χ4v) is 3.63. The van der Waals surface area contributed by atoms with Gasteiger partial charge < -0.3 is 20.3 Å². The van der Waals surface area contributed by atoms with Crippen LogP contribution < -0.4 is 10.6 Å². The quantitative estimate of drug-likeness (QED) is 0.558. The molecule has 34 heavy (non-hydrogen) atoms. The van der Waals surface area contributed by atoms with Crippen molar-refractivity contribution >= 4 is 40.9 Å². The van der Waals surface area contributed by atoms with E-state index in [9.17, 15) is 27.6 Å². The first-order valence-electron chi connectivity index (χ1n) is 10.5. The molecule has 2 aromatic carbocycles. The van der Waals surface area contributed by atoms with Gasteiger partial charge in [0.1, 0.15) is 0 Å². The number of para-hydroxylation sites is 1. The number of amides is 3. The van der Waals surface area contributed by atoms with Crippen LogP contribution in [0, 0.1) is 5.92 Å². The Hall–Kier alpha value is -3.27. The zero-order valence-corrected chi connectivity index (χ0v) is 18.9. The molecule has 3 rings (SSSR count). The first-order valence-corrected chi connectivity index (χ1v) is 10.9. The van der Waals surface area contributed by atoms with Crippen molar-refractivity contribution in [3.8, 4) is 0 Å². The summed E-state index contributed by atoms with van der Waals surface area (Å²) < 4.78 is 44.8. The van der Waals surface area contributed by atoms with Crippen molar-refractivity contribution < 1.29 is 32.3 Å². The van der Waals surface area contributed by atoms with Gasteiger partial charge in [0.15, 0.2) is 6.10 Å². The highest BCUT2D eigenvalue weighted by Crippen LogP contribution is 2.36. The molecule has 0 bridgehead atoms. The predicted octanol–water partition coefficient (Wildman–Crippen LogP) is 5.17. The number of esters is 1. The summed E-state index contributed by atoms with van der Waals surface area (Å²) in [4.78, 5) is 38.8. The van der Waals surface area contributed by atoms with Crippen molar-refractivity contribution in [3.63, 3.8) is 0 Å². The van der Waals surface area contributed by atoms with E-state index in [1.165, 1.54) is 13.0 Å². The van der Waals surface area contributed by atoms with Crippen LogP contribution in [-0.4, -0.2) is 42.0 Å². The number of carbonyl (C=O) groups is 3. The van der Waals surface area contributed by atoms with Gasteiger partial charge in [-0.15, -0.1) is 0 Å². The topological polar surface area (TPSA) is 87.7 Å². The van der Waals surface area contributed by atoms with Crippen LogP contribution in [0.25, 0.3) is 0 Å². The lowest BCUT2D eigenvalue weighted by atomic mass is 9.97. The number of nitrogens with zero attached hydrogens (tertiary/aromatic N) is 1. The van der Waals surface area contributed by atoms with Gasteiger partial charge in [0.25, 0.3) is 5.91 Å². The van der Waals surface area contributed by atoms with Gasteiger partial charge in [-0.05, 0) is 50.1 Å². The zero-order chi connectivity index (χ0) is 24.9. The summed E-state index contributed by atoms with van der Waals surface area (Å²) in [7, 11) is 0. The van der Waals surface area contributed by atoms with Crippen LogP contribution in [0.1, 0.15) is 25.3 Å². The lowest BCUT2D eigenvalue weighted by Crippen LogP contribution is -2.43. The number of hydrogen-bond acceptors (Lipinski definition) is 4. The molecule has 0 saturated carbocycles. The van der Waals surface area contributed by atoms with Crippen molar-refractivity contribution in [2.45, 2.75) is 32.0 Å². The van der Waals surface area contributed by atoms with Gasteiger partial charge in [0.05, 0.1) is 17.2 Å². The number of alkyl halides is 3. The van der Waals surface area contributed by atoms with Crippen LogP contribution in [-0.2, 0) is 20.5 Å². The summed E-state index contributed by atoms with van der Waals surface area (Å²) in [5, 5.41) is 4.78. The van der Waals surface area contributed by atoms with Crippen LogP contribution >= 0.6 is 11.6 Å². The van der Waals surface area contributed by atoms with Crippen molar-refractivity contribution in [1.29, 1.82) is 0 Å². The smallest absolute Gasteiger partial charge is 0.418 e. The molecule has 0 spiro atoms. The number of ether oxygens (including phenoxy) is 1. The third-order valence-electron chi connectivity index (χ3n) is 5.35. The summed E-state index contributed by atoms with van der Waals surface area (Å²) in [6.07, 6.45) is -5.37. The number of carbonyl (C=O) groups excluding carboxylic acids is 3. The Balaban J connectivity index is 1.50. The Labute approximate surface area is 199 Å². The number of anilines is 2. The molecule has 1 heterocycles. The average Bonchev–Trinajstić information content (AvgIpc) is 2.80. The SMILES string of the molecule is CC(OC(=O)C1CCN(C(=O)Nc2ccccc2)CC1)C(=O)Nc1ccc(Cl)cc1C(F)(F)F. The first kappa shape index (κ1) is 25.4. The van der Waals surface area contributed by atoms with Gasteiger partial charge in [0, 0.05) is 23.8 Å². The highest BCUT2D eigenvalue weighted by atomic mass is 35.5. The lowest BCUT2D eigenvalue weighted by molar-refractivity contribution is -0.158. The number of rotatable bonds is 5. The number of piperidine rings is 1. The van der Waals surface area contributed by atoms with E-state index in [1.807, 2.05) is 6.07 Å². The summed E-state index contributed by atoms with van der Waals surface area (Å²) in [5.41, 5.74) is -0.932. The van der Waals surface area contributed by atoms with Gasteiger partial charge in [-0.2, -0.15) is 13.2 Å². The molecule has 2 aromatic rings. The van der Waals surface area contributed by atoms with Crippen molar-refractivity contribution in [3.05, 3.63) is 59.1 Å². The van der Waals surface area contributed by atoms with E-state index in [4.69, 9.17) is 16.3 Å². The van der Waals surface area contributed by atoms with E-state index in [1.54, 1.807) is 29.2 Å². The molecule has 0 aromatic heterocycles. The van der Waals surface area contributed by atoms with Crippen LogP contribution in [0.15, 0.2) is 48.5 Å². The molecule has 3 amide bonds. The number of halogens is 4. The van der Waals surface area contributed by atoms with Gasteiger partial charge in [-0.1, -0.05) is 29.8 Å². The van der Waals surface area contributed by atoms with E-state index in [2.05, 4.69) is 10.6 Å². The largest absolute Gasteiger partial charge is 0.452 e. The summed E-state index contributed by atoms with van der Waals surface area (Å²) in [5.74, 6) is -2.07. The molecule has 1 aliphatic heterocycles. The van der Waals surface area contributed by atoms with Crippen LogP contribution in [0.5, 0.6) is 0 Å². The lowest BCUT2D eigenvalue weighted by Gasteiger charge is -2.31. The second-order valence-corrected chi connectivity index (χ2v) is 8.25. The van der Waals surface area contributed by atoms with E-state index >= 15 is 0 Å². The van der Waals surface area contributed by atoms with Gasteiger partial charge in [-0.25, -0.2) is 4.79 Å². The molecule has 182 valence electrons. The second-order valence-electron chi connectivity index (χ2n) is 7.81. The number of likely N-dealkylation sites (tertiary alicyclic amines) is 1. The molecule has 0 aliphatic carbocycles. The predicted molar refractivity (Wildman–Crippen MR) is 120 cm³/mol. The first-order chi connectivity index (χ1) is 16.0. The monoisotopic (exact) mass is 497 g/mol. The molecule has 1 fully saturated rings. The van der Waals surface area contributed by atoms with Crippen molar-refractivity contribution in [2.24, 2.45) is 5.92 Å². The Bertz CT molecular complexity index is 1040. The van der Waals surface area contributed by atoms with Crippen molar-refractivity contribution in [2.75, 3.05) is 23.7 Å². The molecule has 0 radical (unpaired) electrons. The molecular weight excluding hydrogens is 475 g/mol. The fourth-order valence-electron chi connectivity index (χ4n) is 3.46. The van der Waals surface area contributed by atoms with E-state index in [-0.39, 0.29) is 11.1 Å². The number of hydrogen-bond donors (Lipinski definition) is 2. The van der Waals surface area contributed by atoms with Gasteiger partial charge >= 0.3 is 18.2 Å². The van der Waals surface area contributed by atoms with Crippen LogP contribution in [0.2, 0.25) is 5.02 Å². The van der Waals surface area contributed by atoms with Crippen LogP contribution in [0.4, 0.5) is 29.3 Å². The molecule has 1 atom stereocenters. The summed E-state index contributed by atoms with van der Waals surface area (Å²) in [6, 6.07) is 11.6. The Morgan fingerprint density at radius 2 is 1.71 bits per heavy atom. The van der Waals surface area contributed by atoms with E-state index in [0.717, 1.165) is 6.07 Å². The zero-order valence-electron chi connectivity index (χ0n) is 18.2. The van der Waals surface area contributed by atoms with Gasteiger partial charge in [-0.3, -0.25) is 9.59 Å². The molecule has 11 heteroatoms. The van der Waals surface area contributed by atoms with Crippen molar-refractivity contribution in [1.82, 2.24) is 4.90 Å². The highest BCUT2D eigenvalue weighted by Gasteiger charge is 2.35. The summed E-state index contributed by atoms with van der Waals surface area (Å²) in [6.45, 7) is 1.91. The molecule has 1 aliphatic rings. The molecule has 1 unspecified atom stereocenters. The Morgan fingerprint density at radius 1 is 1.06 bits per heavy atom. The maximum absolute atomic E-state index is 13.2. The summed E-state index contributed by atoms with van der Waals surface area (Å²) >= 11 is 5.64. The van der Waals surface area contributed by atoms with Crippen LogP contribution in [0.3, 0.4) is 0 Å². The highest BCUT2D eigenvalue weighted by molar-refractivity contribution is 6.30. The average molecular weight is 498 g/mol. The molecular formula is C23H23ClF3N3O4. The third kappa shape index (κ3) is 6.63. The van der Waals surface area contributed by atoms with E-state index < -0.39 is 41.3 Å². The maximum Gasteiger partial charge on any atom is 0.418 e. The maximum atomic E-state index is 13.2. The minimum absolute atomic E-state index is 0.131. The number of urea groups is 1. The third-order valence-corrected chi connectivity index (χ3v) is 5.58.